The van der Waals surface area contributed by atoms with E-state index in [1.165, 1.54) is 22.5 Å². The van der Waals surface area contributed by atoms with Gasteiger partial charge in [0.2, 0.25) is 0 Å². The molecule has 22 heavy (non-hydrogen) atoms. The first kappa shape index (κ1) is 14.9. The third-order valence-corrected chi connectivity index (χ3v) is 6.40. The Morgan fingerprint density at radius 2 is 1.27 bits per heavy atom. The van der Waals surface area contributed by atoms with E-state index >= 15 is 0 Å². The molecule has 1 nitrogen and oxygen atoms in total. The van der Waals surface area contributed by atoms with Gasteiger partial charge in [-0.1, -0.05) is 66.7 Å². The summed E-state index contributed by atoms with van der Waals surface area (Å²) in [5.41, 5.74) is 1.39. The van der Waals surface area contributed by atoms with Gasteiger partial charge >= 0.3 is 0 Å². The number of aryl methyl sites for hydroxylation is 2. The molecular weight excluding hydrogens is 285 g/mol. The maximum absolute atomic E-state index is 2.27. The molecular formula is C20H21NP+. The number of pyridine rings is 1. The summed E-state index contributed by atoms with van der Waals surface area (Å²) in [5, 5.41) is 2.92. The zero-order valence-corrected chi connectivity index (χ0v) is 13.8. The van der Waals surface area contributed by atoms with E-state index in [1.807, 2.05) is 0 Å². The van der Waals surface area contributed by atoms with Crippen LogP contribution in [0.4, 0.5) is 0 Å². The van der Waals surface area contributed by atoms with Crippen molar-refractivity contribution in [2.24, 2.45) is 7.05 Å². The maximum atomic E-state index is 2.27. The lowest BCUT2D eigenvalue weighted by Crippen LogP contribution is -2.33. The number of nitrogens with zero attached hydrogens (tertiary/aromatic N) is 1. The molecule has 0 fully saturated rings. The first-order valence-corrected chi connectivity index (χ1v) is 9.18. The average Bonchev–Trinajstić information content (AvgIpc) is 2.59. The van der Waals surface area contributed by atoms with Crippen molar-refractivity contribution < 1.29 is 4.57 Å². The molecule has 0 N–H and O–H groups in total. The Kier molecular flexibility index (Phi) is 4.98. The van der Waals surface area contributed by atoms with Gasteiger partial charge in [0.15, 0.2) is 11.9 Å². The Morgan fingerprint density at radius 1 is 0.727 bits per heavy atom. The van der Waals surface area contributed by atoms with Crippen LogP contribution in [0.5, 0.6) is 0 Å². The molecule has 3 aromatic rings. The molecule has 0 unspecified atom stereocenters. The molecule has 110 valence electrons. The van der Waals surface area contributed by atoms with Gasteiger partial charge in [-0.2, -0.15) is 0 Å². The third kappa shape index (κ3) is 3.61. The van der Waals surface area contributed by atoms with Crippen LogP contribution in [0.3, 0.4) is 0 Å². The fourth-order valence-electron chi connectivity index (χ4n) is 2.67. The van der Waals surface area contributed by atoms with Crippen LogP contribution in [-0.4, -0.2) is 6.16 Å². The van der Waals surface area contributed by atoms with Crippen molar-refractivity contribution in [2.45, 2.75) is 6.42 Å². The Hall–Kier alpha value is -1.98. The van der Waals surface area contributed by atoms with Crippen molar-refractivity contribution in [2.75, 3.05) is 6.16 Å². The third-order valence-electron chi connectivity index (χ3n) is 3.89. The zero-order valence-electron chi connectivity index (χ0n) is 12.9. The summed E-state index contributed by atoms with van der Waals surface area (Å²) in [5.74, 6) is 0. The molecule has 2 aromatic carbocycles. The predicted molar refractivity (Wildman–Crippen MR) is 95.3 cm³/mol. The van der Waals surface area contributed by atoms with Crippen molar-refractivity contribution in [3.8, 4) is 0 Å². The summed E-state index contributed by atoms with van der Waals surface area (Å²) >= 11 is 0. The molecule has 0 saturated carbocycles. The minimum Gasteiger partial charge on any atom is -0.205 e. The van der Waals surface area contributed by atoms with Gasteiger partial charge in [0.25, 0.3) is 0 Å². The topological polar surface area (TPSA) is 3.88 Å². The first-order valence-electron chi connectivity index (χ1n) is 7.66. The monoisotopic (exact) mass is 306 g/mol. The number of benzene rings is 2. The van der Waals surface area contributed by atoms with Crippen molar-refractivity contribution in [3.05, 3.63) is 90.8 Å². The van der Waals surface area contributed by atoms with Crippen LogP contribution in [0.25, 0.3) is 0 Å². The second-order valence-corrected chi connectivity index (χ2v) is 7.71. The van der Waals surface area contributed by atoms with Crippen LogP contribution in [0.1, 0.15) is 5.69 Å². The highest BCUT2D eigenvalue weighted by atomic mass is 31.1. The number of aromatic nitrogens is 1. The van der Waals surface area contributed by atoms with Gasteiger partial charge in [0.05, 0.1) is 0 Å². The lowest BCUT2D eigenvalue weighted by Gasteiger charge is -2.18. The molecule has 1 heterocycles. The lowest BCUT2D eigenvalue weighted by molar-refractivity contribution is -0.679. The van der Waals surface area contributed by atoms with E-state index in [0.29, 0.717) is 0 Å². The van der Waals surface area contributed by atoms with E-state index in [1.54, 1.807) is 0 Å². The van der Waals surface area contributed by atoms with Crippen LogP contribution in [0.2, 0.25) is 0 Å². The number of hydrogen-bond acceptors (Lipinski definition) is 0. The molecule has 0 aliphatic rings. The van der Waals surface area contributed by atoms with Gasteiger partial charge in [0, 0.05) is 18.6 Å². The molecule has 0 bridgehead atoms. The molecule has 0 spiro atoms. The van der Waals surface area contributed by atoms with E-state index in [9.17, 15) is 0 Å². The Balaban J connectivity index is 1.85. The maximum Gasteiger partial charge on any atom is 0.181 e. The highest BCUT2D eigenvalue weighted by Gasteiger charge is 2.15. The van der Waals surface area contributed by atoms with Crippen LogP contribution >= 0.6 is 7.92 Å². The lowest BCUT2D eigenvalue weighted by atomic mass is 10.3. The van der Waals surface area contributed by atoms with Crippen molar-refractivity contribution in [1.82, 2.24) is 0 Å². The van der Waals surface area contributed by atoms with E-state index in [4.69, 9.17) is 0 Å². The SMILES string of the molecule is C[n+]1ccccc1CCP(c1ccccc1)c1ccccc1. The van der Waals surface area contributed by atoms with Crippen LogP contribution in [0.15, 0.2) is 85.1 Å². The minimum absolute atomic E-state index is 0.300. The fourth-order valence-corrected chi connectivity index (χ4v) is 5.00. The van der Waals surface area contributed by atoms with Gasteiger partial charge in [0.1, 0.15) is 7.05 Å². The summed E-state index contributed by atoms with van der Waals surface area (Å²) in [6.45, 7) is 0. The standard InChI is InChI=1S/C20H21NP/c1-21-16-9-8-10-18(21)15-17-22(19-11-4-2-5-12-19)20-13-6-3-7-14-20/h2-14,16H,15,17H2,1H3/q+1. The van der Waals surface area contributed by atoms with Gasteiger partial charge in [-0.05, 0) is 24.7 Å². The summed E-state index contributed by atoms with van der Waals surface area (Å²) in [4.78, 5) is 0. The van der Waals surface area contributed by atoms with Gasteiger partial charge in [-0.15, -0.1) is 0 Å². The van der Waals surface area contributed by atoms with Crippen LogP contribution < -0.4 is 15.2 Å². The van der Waals surface area contributed by atoms with Gasteiger partial charge in [-0.3, -0.25) is 0 Å². The average molecular weight is 306 g/mol. The summed E-state index contributed by atoms with van der Waals surface area (Å²) in [6.07, 6.45) is 4.41. The molecule has 0 atom stereocenters. The first-order chi connectivity index (χ1) is 10.8. The molecule has 0 aliphatic heterocycles. The molecule has 0 radical (unpaired) electrons. The minimum atomic E-state index is -0.300. The normalized spacial score (nSPS) is 10.8. The highest BCUT2D eigenvalue weighted by Crippen LogP contribution is 2.33. The molecule has 3 rings (SSSR count). The number of rotatable bonds is 5. The van der Waals surface area contributed by atoms with E-state index in [0.717, 1.165) is 6.42 Å². The zero-order chi connectivity index (χ0) is 15.2. The van der Waals surface area contributed by atoms with E-state index < -0.39 is 0 Å². The van der Waals surface area contributed by atoms with Crippen LogP contribution in [-0.2, 0) is 13.5 Å². The molecule has 0 aliphatic carbocycles. The molecule has 2 heteroatoms. The van der Waals surface area contributed by atoms with E-state index in [-0.39, 0.29) is 7.92 Å². The molecule has 0 amide bonds. The van der Waals surface area contributed by atoms with Gasteiger partial charge < -0.3 is 0 Å². The Labute approximate surface area is 134 Å². The van der Waals surface area contributed by atoms with Crippen molar-refractivity contribution in [3.63, 3.8) is 0 Å². The van der Waals surface area contributed by atoms with Gasteiger partial charge in [-0.25, -0.2) is 4.57 Å². The molecule has 1 aromatic heterocycles. The Bertz CT molecular complexity index is 671. The van der Waals surface area contributed by atoms with E-state index in [2.05, 4.69) is 96.7 Å². The summed E-state index contributed by atoms with van der Waals surface area (Å²) in [6, 6.07) is 28.3. The molecule has 0 saturated heterocycles. The second-order valence-electron chi connectivity index (χ2n) is 5.38. The van der Waals surface area contributed by atoms with Crippen molar-refractivity contribution in [1.29, 1.82) is 0 Å². The predicted octanol–water partition coefficient (Wildman–Crippen LogP) is 3.19. The fraction of sp³-hybridized carbons (Fsp3) is 0.150. The van der Waals surface area contributed by atoms with Crippen molar-refractivity contribution >= 4 is 18.5 Å². The largest absolute Gasteiger partial charge is 0.205 e. The van der Waals surface area contributed by atoms with Crippen LogP contribution in [0, 0.1) is 0 Å². The second kappa shape index (κ2) is 7.33. The highest BCUT2D eigenvalue weighted by molar-refractivity contribution is 7.73. The quantitative estimate of drug-likeness (QED) is 0.503. The summed E-state index contributed by atoms with van der Waals surface area (Å²) < 4.78 is 2.23. The Morgan fingerprint density at radius 3 is 1.82 bits per heavy atom. The smallest absolute Gasteiger partial charge is 0.181 e. The number of hydrogen-bond donors (Lipinski definition) is 0. The summed E-state index contributed by atoms with van der Waals surface area (Å²) in [7, 11) is 1.83.